The van der Waals surface area contributed by atoms with Crippen molar-refractivity contribution < 1.29 is 34.2 Å². The summed E-state index contributed by atoms with van der Waals surface area (Å²) in [5.41, 5.74) is 0. The third kappa shape index (κ3) is 11.2. The van der Waals surface area contributed by atoms with Crippen molar-refractivity contribution >= 4 is 0 Å². The molecular weight excluding hydrogens is 271 g/mol. The largest absolute Gasteiger partial charge is 1.00 e. The Hall–Kier alpha value is 1.17. The van der Waals surface area contributed by atoms with Crippen molar-refractivity contribution in [3.8, 4) is 0 Å². The first kappa shape index (κ1) is 17.6. The number of halogens is 1. The van der Waals surface area contributed by atoms with E-state index in [0.717, 1.165) is 0 Å². The molecule has 2 heteroatoms. The molecule has 0 bridgehead atoms. The molecule has 0 saturated heterocycles. The molecule has 0 aromatic heterocycles. The zero-order valence-electron chi connectivity index (χ0n) is 10.2. The van der Waals surface area contributed by atoms with E-state index in [1.807, 2.05) is 0 Å². The van der Waals surface area contributed by atoms with Crippen LogP contribution in [0.3, 0.4) is 0 Å². The van der Waals surface area contributed by atoms with Gasteiger partial charge in [-0.05, 0) is 0 Å². The summed E-state index contributed by atoms with van der Waals surface area (Å²) in [5, 5.41) is 0. The summed E-state index contributed by atoms with van der Waals surface area (Å²) in [6.07, 6.45) is 8.85. The molecule has 0 atom stereocenters. The van der Waals surface area contributed by atoms with Gasteiger partial charge < -0.3 is 12.4 Å². The first-order valence-corrected chi connectivity index (χ1v) is 11.4. The van der Waals surface area contributed by atoms with Gasteiger partial charge in [0.05, 0.1) is 0 Å². The van der Waals surface area contributed by atoms with Gasteiger partial charge in [-0.3, -0.25) is 0 Å². The van der Waals surface area contributed by atoms with Crippen LogP contribution in [-0.4, -0.2) is 0 Å². The topological polar surface area (TPSA) is 0 Å². The fourth-order valence-corrected chi connectivity index (χ4v) is 9.79. The number of hydrogen-bond donors (Lipinski definition) is 0. The average Bonchev–Trinajstić information content (AvgIpc) is 2.17. The van der Waals surface area contributed by atoms with Crippen LogP contribution >= 0.6 is 0 Å². The molecule has 0 fully saturated rings. The average molecular weight is 298 g/mol. The second-order valence-corrected chi connectivity index (χ2v) is 11.4. The van der Waals surface area contributed by atoms with E-state index >= 15 is 0 Å². The van der Waals surface area contributed by atoms with Gasteiger partial charge in [0.25, 0.3) is 0 Å². The van der Waals surface area contributed by atoms with Crippen molar-refractivity contribution in [2.45, 2.75) is 71.7 Å². The molecule has 0 spiro atoms. The van der Waals surface area contributed by atoms with E-state index < -0.39 is 21.8 Å². The zero-order valence-corrected chi connectivity index (χ0v) is 13.5. The molecule has 0 nitrogen and oxygen atoms in total. The van der Waals surface area contributed by atoms with E-state index in [1.165, 1.54) is 38.5 Å². The maximum absolute atomic E-state index is 2.33. The Morgan fingerprint density at radius 1 is 0.643 bits per heavy atom. The van der Waals surface area contributed by atoms with Crippen LogP contribution in [0.1, 0.15) is 59.3 Å². The molecule has 0 saturated carbocycles. The minimum atomic E-state index is -0.839. The SMILES string of the molecule is CCC[CH2][Zr+]([CH2]CCC)[CH2]CCC.[Cl-]. The van der Waals surface area contributed by atoms with Crippen LogP contribution in [0.4, 0.5) is 0 Å². The van der Waals surface area contributed by atoms with Crippen molar-refractivity contribution in [3.05, 3.63) is 0 Å². The molecule has 0 rings (SSSR count). The van der Waals surface area contributed by atoms with Crippen molar-refractivity contribution in [1.82, 2.24) is 0 Å². The number of hydrogen-bond acceptors (Lipinski definition) is 0. The van der Waals surface area contributed by atoms with Crippen LogP contribution in [-0.2, 0) is 21.8 Å². The van der Waals surface area contributed by atoms with Crippen LogP contribution in [0.15, 0.2) is 0 Å². The Bertz CT molecular complexity index is 77.3. The second-order valence-electron chi connectivity index (χ2n) is 4.06. The molecular formula is C12H27ClZr. The molecule has 14 heavy (non-hydrogen) atoms. The predicted octanol–water partition coefficient (Wildman–Crippen LogP) is 2.26. The molecule has 0 heterocycles. The van der Waals surface area contributed by atoms with Crippen LogP contribution in [0.25, 0.3) is 0 Å². The Morgan fingerprint density at radius 3 is 1.14 bits per heavy atom. The molecule has 0 N–H and O–H groups in total. The standard InChI is InChI=1S/3C4H9.ClH.Zr/c3*1-3-4-2;;/h3*1,3-4H2,2H3;1H;/q;;;;+1/p-1. The molecule has 0 amide bonds. The summed E-state index contributed by atoms with van der Waals surface area (Å²) in [4.78, 5) is 0. The van der Waals surface area contributed by atoms with E-state index in [9.17, 15) is 0 Å². The quantitative estimate of drug-likeness (QED) is 0.612. The van der Waals surface area contributed by atoms with Gasteiger partial charge in [0.15, 0.2) is 0 Å². The molecule has 0 aliphatic carbocycles. The summed E-state index contributed by atoms with van der Waals surface area (Å²) in [7, 11) is 0. The zero-order chi connectivity index (χ0) is 9.94. The molecule has 0 aromatic rings. The van der Waals surface area contributed by atoms with E-state index in [-0.39, 0.29) is 12.4 Å². The minimum absolute atomic E-state index is 0. The number of rotatable bonds is 9. The third-order valence-electron chi connectivity index (χ3n) is 2.65. The van der Waals surface area contributed by atoms with Gasteiger partial charge in [0.2, 0.25) is 0 Å². The Labute approximate surface area is 105 Å². The van der Waals surface area contributed by atoms with E-state index in [4.69, 9.17) is 0 Å². The van der Waals surface area contributed by atoms with E-state index in [0.29, 0.717) is 0 Å². The fourth-order valence-electron chi connectivity index (χ4n) is 1.66. The van der Waals surface area contributed by atoms with Crippen LogP contribution in [0.2, 0.25) is 12.4 Å². The van der Waals surface area contributed by atoms with E-state index in [2.05, 4.69) is 20.8 Å². The smallest absolute Gasteiger partial charge is 1.00 e. The molecule has 86 valence electrons. The fraction of sp³-hybridized carbons (Fsp3) is 1.00. The van der Waals surface area contributed by atoms with Crippen molar-refractivity contribution in [2.24, 2.45) is 0 Å². The third-order valence-corrected chi connectivity index (χ3v) is 10.5. The second kappa shape index (κ2) is 14.2. The first-order valence-electron chi connectivity index (χ1n) is 6.18. The van der Waals surface area contributed by atoms with Gasteiger partial charge in [-0.15, -0.1) is 0 Å². The normalized spacial score (nSPS) is 9.64. The maximum atomic E-state index is 2.33. The van der Waals surface area contributed by atoms with Crippen molar-refractivity contribution in [3.63, 3.8) is 0 Å². The van der Waals surface area contributed by atoms with E-state index in [1.54, 1.807) is 12.4 Å². The van der Waals surface area contributed by atoms with Gasteiger partial charge in [0.1, 0.15) is 0 Å². The van der Waals surface area contributed by atoms with Crippen molar-refractivity contribution in [1.29, 1.82) is 0 Å². The Kier molecular flexibility index (Phi) is 17.8. The first-order chi connectivity index (χ1) is 6.35. The molecule has 0 aromatic carbocycles. The van der Waals surface area contributed by atoms with Crippen LogP contribution < -0.4 is 12.4 Å². The van der Waals surface area contributed by atoms with Gasteiger partial charge in [0, 0.05) is 0 Å². The van der Waals surface area contributed by atoms with Gasteiger partial charge in [-0.1, -0.05) is 0 Å². The van der Waals surface area contributed by atoms with Crippen LogP contribution in [0.5, 0.6) is 0 Å². The van der Waals surface area contributed by atoms with Gasteiger partial charge in [-0.2, -0.15) is 0 Å². The Balaban J connectivity index is 0. The van der Waals surface area contributed by atoms with Crippen LogP contribution in [0, 0.1) is 0 Å². The predicted molar refractivity (Wildman–Crippen MR) is 59.1 cm³/mol. The summed E-state index contributed by atoms with van der Waals surface area (Å²) >= 11 is -0.839. The summed E-state index contributed by atoms with van der Waals surface area (Å²) in [6, 6.07) is 0. The number of unbranched alkanes of at least 4 members (excludes halogenated alkanes) is 3. The molecule has 0 aliphatic heterocycles. The Morgan fingerprint density at radius 2 is 0.929 bits per heavy atom. The maximum Gasteiger partial charge on any atom is -1.00 e. The molecule has 0 radical (unpaired) electrons. The monoisotopic (exact) mass is 296 g/mol. The molecule has 0 aliphatic rings. The van der Waals surface area contributed by atoms with Gasteiger partial charge in [-0.25, -0.2) is 0 Å². The molecule has 0 unspecified atom stereocenters. The summed E-state index contributed by atoms with van der Waals surface area (Å²) < 4.78 is 5.04. The van der Waals surface area contributed by atoms with Crippen molar-refractivity contribution in [2.75, 3.05) is 0 Å². The summed E-state index contributed by atoms with van der Waals surface area (Å²) in [6.45, 7) is 7.00. The van der Waals surface area contributed by atoms with Gasteiger partial charge >= 0.3 is 93.4 Å². The summed E-state index contributed by atoms with van der Waals surface area (Å²) in [5.74, 6) is 0. The minimum Gasteiger partial charge on any atom is -1.00 e.